The van der Waals surface area contributed by atoms with Crippen molar-refractivity contribution >= 4 is 15.9 Å². The molecule has 0 bridgehead atoms. The summed E-state index contributed by atoms with van der Waals surface area (Å²) in [6.07, 6.45) is 5.47. The fourth-order valence-corrected chi connectivity index (χ4v) is 3.17. The third-order valence-electron chi connectivity index (χ3n) is 3.96. The molecule has 1 N–H and O–H groups in total. The predicted molar refractivity (Wildman–Crippen MR) is 85.8 cm³/mol. The van der Waals surface area contributed by atoms with Gasteiger partial charge < -0.3 is 5.32 Å². The molecule has 20 heavy (non-hydrogen) atoms. The molecule has 0 aliphatic heterocycles. The number of pyridine rings is 1. The number of nitrogens with zero attached hydrogens (tertiary/aromatic N) is 1. The quantitative estimate of drug-likeness (QED) is 0.925. The first-order chi connectivity index (χ1) is 9.70. The first kappa shape index (κ1) is 13.8. The lowest BCUT2D eigenvalue weighted by molar-refractivity contribution is 0.457. The van der Waals surface area contributed by atoms with Crippen molar-refractivity contribution in [1.29, 1.82) is 0 Å². The highest BCUT2D eigenvalue weighted by Gasteiger charge is 2.18. The molecule has 3 heteroatoms. The van der Waals surface area contributed by atoms with Crippen molar-refractivity contribution in [1.82, 2.24) is 10.3 Å². The van der Waals surface area contributed by atoms with Gasteiger partial charge in [0.15, 0.2) is 0 Å². The second-order valence-corrected chi connectivity index (χ2v) is 6.46. The highest BCUT2D eigenvalue weighted by Crippen LogP contribution is 2.24. The lowest BCUT2D eigenvalue weighted by Gasteiger charge is -2.26. The Labute approximate surface area is 128 Å². The average molecular weight is 331 g/mol. The third-order valence-corrected chi connectivity index (χ3v) is 4.46. The summed E-state index contributed by atoms with van der Waals surface area (Å²) in [5, 5.41) is 3.66. The standard InChI is InChI=1S/C17H19BrN2/c1-12-2-3-13(10-19-12)11-20-17-7-5-14-8-16(18)6-4-15(14)9-17/h2-4,6,8,10,17,20H,5,7,9,11H2,1H3. The van der Waals surface area contributed by atoms with Crippen molar-refractivity contribution < 1.29 is 0 Å². The Hall–Kier alpha value is -1.19. The minimum absolute atomic E-state index is 0.574. The Bertz CT molecular complexity index is 592. The number of rotatable bonds is 3. The normalized spacial score (nSPS) is 17.8. The van der Waals surface area contributed by atoms with E-state index in [2.05, 4.69) is 56.6 Å². The van der Waals surface area contributed by atoms with E-state index < -0.39 is 0 Å². The Morgan fingerprint density at radius 3 is 2.95 bits per heavy atom. The van der Waals surface area contributed by atoms with Gasteiger partial charge in [0.2, 0.25) is 0 Å². The predicted octanol–water partition coefficient (Wildman–Crippen LogP) is 3.80. The number of hydrogen-bond donors (Lipinski definition) is 1. The molecule has 1 aliphatic carbocycles. The molecule has 1 aromatic carbocycles. The van der Waals surface area contributed by atoms with Crippen LogP contribution < -0.4 is 5.32 Å². The van der Waals surface area contributed by atoms with E-state index in [1.165, 1.54) is 34.0 Å². The molecular weight excluding hydrogens is 312 g/mol. The topological polar surface area (TPSA) is 24.9 Å². The van der Waals surface area contributed by atoms with E-state index >= 15 is 0 Å². The van der Waals surface area contributed by atoms with Crippen LogP contribution in [0.25, 0.3) is 0 Å². The zero-order chi connectivity index (χ0) is 13.9. The maximum absolute atomic E-state index is 4.34. The van der Waals surface area contributed by atoms with Crippen molar-refractivity contribution in [2.24, 2.45) is 0 Å². The van der Waals surface area contributed by atoms with Crippen molar-refractivity contribution in [3.8, 4) is 0 Å². The summed E-state index contributed by atoms with van der Waals surface area (Å²) in [5.41, 5.74) is 5.32. The molecule has 1 heterocycles. The van der Waals surface area contributed by atoms with E-state index in [1.807, 2.05) is 13.1 Å². The van der Waals surface area contributed by atoms with Gasteiger partial charge in [-0.15, -0.1) is 0 Å². The van der Waals surface area contributed by atoms with E-state index in [0.717, 1.165) is 18.7 Å². The second kappa shape index (κ2) is 6.06. The molecule has 3 rings (SSSR count). The Morgan fingerprint density at radius 1 is 1.25 bits per heavy atom. The Kier molecular flexibility index (Phi) is 4.18. The smallest absolute Gasteiger partial charge is 0.0372 e. The van der Waals surface area contributed by atoms with Crippen LogP contribution in [0.5, 0.6) is 0 Å². The molecule has 0 saturated heterocycles. The molecule has 2 nitrogen and oxygen atoms in total. The lowest BCUT2D eigenvalue weighted by Crippen LogP contribution is -2.34. The molecule has 1 atom stereocenters. The molecule has 0 saturated carbocycles. The molecule has 0 fully saturated rings. The van der Waals surface area contributed by atoms with Gasteiger partial charge in [-0.25, -0.2) is 0 Å². The molecule has 0 spiro atoms. The number of halogens is 1. The molecule has 0 radical (unpaired) electrons. The first-order valence-corrected chi connectivity index (χ1v) is 7.92. The molecular formula is C17H19BrN2. The maximum atomic E-state index is 4.34. The number of nitrogens with one attached hydrogen (secondary N) is 1. The average Bonchev–Trinajstić information content (AvgIpc) is 2.46. The maximum Gasteiger partial charge on any atom is 0.0372 e. The van der Waals surface area contributed by atoms with Gasteiger partial charge in [0.25, 0.3) is 0 Å². The van der Waals surface area contributed by atoms with Crippen LogP contribution in [-0.4, -0.2) is 11.0 Å². The summed E-state index contributed by atoms with van der Waals surface area (Å²) in [7, 11) is 0. The van der Waals surface area contributed by atoms with Crippen molar-refractivity contribution in [2.75, 3.05) is 0 Å². The lowest BCUT2D eigenvalue weighted by atomic mass is 9.88. The first-order valence-electron chi connectivity index (χ1n) is 7.13. The van der Waals surface area contributed by atoms with Crippen LogP contribution in [0.2, 0.25) is 0 Å². The molecule has 2 aromatic rings. The number of benzene rings is 1. The van der Waals surface area contributed by atoms with Gasteiger partial charge in [0, 0.05) is 29.0 Å². The summed E-state index contributed by atoms with van der Waals surface area (Å²) < 4.78 is 1.19. The van der Waals surface area contributed by atoms with Gasteiger partial charge >= 0.3 is 0 Å². The van der Waals surface area contributed by atoms with Crippen LogP contribution >= 0.6 is 15.9 Å². The van der Waals surface area contributed by atoms with E-state index in [4.69, 9.17) is 0 Å². The van der Waals surface area contributed by atoms with Gasteiger partial charge in [0.1, 0.15) is 0 Å². The van der Waals surface area contributed by atoms with E-state index in [-0.39, 0.29) is 0 Å². The zero-order valence-electron chi connectivity index (χ0n) is 11.7. The molecule has 1 aliphatic rings. The second-order valence-electron chi connectivity index (χ2n) is 5.54. The van der Waals surface area contributed by atoms with Crippen LogP contribution in [0.15, 0.2) is 41.0 Å². The van der Waals surface area contributed by atoms with Crippen LogP contribution in [0.3, 0.4) is 0 Å². The van der Waals surface area contributed by atoms with Gasteiger partial charge in [-0.1, -0.05) is 28.1 Å². The van der Waals surface area contributed by atoms with Gasteiger partial charge in [-0.05, 0) is 61.1 Å². The van der Waals surface area contributed by atoms with Crippen molar-refractivity contribution in [3.63, 3.8) is 0 Å². The largest absolute Gasteiger partial charge is 0.310 e. The summed E-state index contributed by atoms with van der Waals surface area (Å²) in [5.74, 6) is 0. The summed E-state index contributed by atoms with van der Waals surface area (Å²) in [4.78, 5) is 4.34. The molecule has 1 aromatic heterocycles. The highest BCUT2D eigenvalue weighted by atomic mass is 79.9. The van der Waals surface area contributed by atoms with Crippen molar-refractivity contribution in [3.05, 3.63) is 63.4 Å². The zero-order valence-corrected chi connectivity index (χ0v) is 13.3. The van der Waals surface area contributed by atoms with Crippen molar-refractivity contribution in [2.45, 2.75) is 38.8 Å². The number of aromatic nitrogens is 1. The van der Waals surface area contributed by atoms with E-state index in [0.29, 0.717) is 6.04 Å². The Balaban J connectivity index is 1.60. The summed E-state index contributed by atoms with van der Waals surface area (Å²) >= 11 is 3.55. The minimum atomic E-state index is 0.574. The van der Waals surface area contributed by atoms with Crippen LogP contribution in [0, 0.1) is 6.92 Å². The van der Waals surface area contributed by atoms with Crippen LogP contribution in [0.1, 0.15) is 28.8 Å². The van der Waals surface area contributed by atoms with Gasteiger partial charge in [-0.2, -0.15) is 0 Å². The number of hydrogen-bond acceptors (Lipinski definition) is 2. The fourth-order valence-electron chi connectivity index (χ4n) is 2.76. The van der Waals surface area contributed by atoms with E-state index in [1.54, 1.807) is 0 Å². The monoisotopic (exact) mass is 330 g/mol. The fraction of sp³-hybridized carbons (Fsp3) is 0.353. The van der Waals surface area contributed by atoms with Crippen LogP contribution in [-0.2, 0) is 19.4 Å². The van der Waals surface area contributed by atoms with Gasteiger partial charge in [-0.3, -0.25) is 4.98 Å². The summed E-state index contributed by atoms with van der Waals surface area (Å²) in [6.45, 7) is 2.93. The summed E-state index contributed by atoms with van der Waals surface area (Å²) in [6, 6.07) is 11.5. The highest BCUT2D eigenvalue weighted by molar-refractivity contribution is 9.10. The third kappa shape index (κ3) is 3.28. The number of aryl methyl sites for hydroxylation is 2. The Morgan fingerprint density at radius 2 is 2.15 bits per heavy atom. The minimum Gasteiger partial charge on any atom is -0.310 e. The molecule has 104 valence electrons. The van der Waals surface area contributed by atoms with Crippen LogP contribution in [0.4, 0.5) is 0 Å². The molecule has 0 amide bonds. The van der Waals surface area contributed by atoms with E-state index in [9.17, 15) is 0 Å². The van der Waals surface area contributed by atoms with Gasteiger partial charge in [0.05, 0.1) is 0 Å². The SMILES string of the molecule is Cc1ccc(CNC2CCc3cc(Br)ccc3C2)cn1. The molecule has 1 unspecified atom stereocenters. The number of fused-ring (bicyclic) bond motifs is 1.